The van der Waals surface area contributed by atoms with E-state index in [9.17, 15) is 4.79 Å². The molecule has 0 aliphatic carbocycles. The van der Waals surface area contributed by atoms with Crippen molar-refractivity contribution in [2.75, 3.05) is 25.5 Å². The fourth-order valence-corrected chi connectivity index (χ4v) is 1.55. The lowest BCUT2D eigenvalue weighted by atomic mass is 10.3. The number of ether oxygens (including phenoxy) is 2. The van der Waals surface area contributed by atoms with Crippen LogP contribution in [0.2, 0.25) is 0 Å². The van der Waals surface area contributed by atoms with E-state index in [1.54, 1.807) is 6.20 Å². The van der Waals surface area contributed by atoms with Crippen molar-refractivity contribution in [1.82, 2.24) is 9.55 Å². The molecule has 4 N–H and O–H groups in total. The summed E-state index contributed by atoms with van der Waals surface area (Å²) in [5.74, 6) is 5.53. The fourth-order valence-electron chi connectivity index (χ4n) is 1.55. The van der Waals surface area contributed by atoms with Crippen molar-refractivity contribution in [2.45, 2.75) is 12.8 Å². The number of anilines is 1. The predicted octanol–water partition coefficient (Wildman–Crippen LogP) is -1.49. The molecule has 0 bridgehead atoms. The first-order chi connectivity index (χ1) is 8.70. The van der Waals surface area contributed by atoms with Crippen molar-refractivity contribution in [3.8, 4) is 11.8 Å². The van der Waals surface area contributed by atoms with E-state index in [1.165, 1.54) is 4.57 Å². The summed E-state index contributed by atoms with van der Waals surface area (Å²) in [5, 5.41) is 0. The average molecular weight is 250 g/mol. The quantitative estimate of drug-likeness (QED) is 0.619. The molecule has 1 aromatic rings. The molecular formula is C11H14N4O3. The van der Waals surface area contributed by atoms with E-state index in [2.05, 4.69) is 16.8 Å². The molecule has 1 saturated heterocycles. The molecule has 1 aliphatic heterocycles. The van der Waals surface area contributed by atoms with Gasteiger partial charge in [0.25, 0.3) is 0 Å². The number of nitrogen functional groups attached to an aromatic ring is 1. The molecule has 1 aromatic heterocycles. The lowest BCUT2D eigenvalue weighted by molar-refractivity contribution is -0.0532. The van der Waals surface area contributed by atoms with Crippen molar-refractivity contribution in [2.24, 2.45) is 5.73 Å². The highest BCUT2D eigenvalue weighted by Gasteiger charge is 2.17. The van der Waals surface area contributed by atoms with Crippen LogP contribution in [-0.2, 0) is 16.0 Å². The smallest absolute Gasteiger partial charge is 0.349 e. The highest BCUT2D eigenvalue weighted by atomic mass is 16.7. The van der Waals surface area contributed by atoms with Crippen molar-refractivity contribution in [1.29, 1.82) is 0 Å². The van der Waals surface area contributed by atoms with E-state index in [0.717, 1.165) is 0 Å². The van der Waals surface area contributed by atoms with Crippen LogP contribution in [0.25, 0.3) is 0 Å². The van der Waals surface area contributed by atoms with E-state index in [-0.39, 0.29) is 18.9 Å². The number of hydrogen-bond donors (Lipinski definition) is 2. The number of hydrogen-bond acceptors (Lipinski definition) is 6. The van der Waals surface area contributed by atoms with Crippen LogP contribution in [0.4, 0.5) is 5.82 Å². The Morgan fingerprint density at radius 1 is 1.50 bits per heavy atom. The Morgan fingerprint density at radius 2 is 2.22 bits per heavy atom. The minimum absolute atomic E-state index is 0.102. The van der Waals surface area contributed by atoms with Gasteiger partial charge in [0, 0.05) is 6.20 Å². The Kier molecular flexibility index (Phi) is 3.94. The third kappa shape index (κ3) is 2.87. The molecule has 0 radical (unpaired) electrons. The maximum Gasteiger partial charge on any atom is 0.349 e. The van der Waals surface area contributed by atoms with Crippen LogP contribution in [0.15, 0.2) is 11.0 Å². The molecular weight excluding hydrogens is 236 g/mol. The van der Waals surface area contributed by atoms with Gasteiger partial charge in [0.15, 0.2) is 6.29 Å². The highest BCUT2D eigenvalue weighted by Crippen LogP contribution is 2.07. The number of nitrogens with zero attached hydrogens (tertiary/aromatic N) is 2. The molecule has 0 aromatic carbocycles. The molecule has 96 valence electrons. The van der Waals surface area contributed by atoms with Crippen molar-refractivity contribution < 1.29 is 9.47 Å². The first-order valence-corrected chi connectivity index (χ1v) is 5.50. The van der Waals surface area contributed by atoms with Gasteiger partial charge in [-0.1, -0.05) is 11.8 Å². The maximum atomic E-state index is 11.6. The molecule has 1 aliphatic rings. The lowest BCUT2D eigenvalue weighted by Crippen LogP contribution is -2.29. The number of rotatable bonds is 2. The summed E-state index contributed by atoms with van der Waals surface area (Å²) >= 11 is 0. The van der Waals surface area contributed by atoms with E-state index >= 15 is 0 Å². The second kappa shape index (κ2) is 5.64. The van der Waals surface area contributed by atoms with Crippen molar-refractivity contribution in [3.05, 3.63) is 22.2 Å². The first kappa shape index (κ1) is 12.6. The van der Waals surface area contributed by atoms with Gasteiger partial charge in [-0.05, 0) is 0 Å². The van der Waals surface area contributed by atoms with Gasteiger partial charge in [-0.2, -0.15) is 4.98 Å². The minimum Gasteiger partial charge on any atom is -0.382 e. The SMILES string of the molecule is NCC#Cc1cn(CC2OCCO2)c(=O)nc1N. The normalized spacial score (nSPS) is 15.4. The van der Waals surface area contributed by atoms with Gasteiger partial charge in [-0.15, -0.1) is 0 Å². The Morgan fingerprint density at radius 3 is 2.89 bits per heavy atom. The lowest BCUT2D eigenvalue weighted by Gasteiger charge is -2.11. The van der Waals surface area contributed by atoms with E-state index in [4.69, 9.17) is 20.9 Å². The van der Waals surface area contributed by atoms with Crippen LogP contribution >= 0.6 is 0 Å². The number of nitrogens with two attached hydrogens (primary N) is 2. The van der Waals surface area contributed by atoms with Crippen LogP contribution in [0.1, 0.15) is 5.56 Å². The van der Waals surface area contributed by atoms with E-state index in [1.807, 2.05) is 0 Å². The topological polar surface area (TPSA) is 105 Å². The molecule has 2 heterocycles. The summed E-state index contributed by atoms with van der Waals surface area (Å²) in [6, 6.07) is 0. The Hall–Kier alpha value is -1.88. The van der Waals surface area contributed by atoms with Crippen molar-refractivity contribution in [3.63, 3.8) is 0 Å². The minimum atomic E-state index is -0.454. The first-order valence-electron chi connectivity index (χ1n) is 5.50. The van der Waals surface area contributed by atoms with Crippen LogP contribution in [0, 0.1) is 11.8 Å². The Labute approximate surface area is 104 Å². The standard InChI is InChI=1S/C11H14N4O3/c12-3-1-2-8-6-15(11(16)14-10(8)13)7-9-17-4-5-18-9/h6,9H,3-5,7,12H2,(H2,13,14,16). The van der Waals surface area contributed by atoms with Gasteiger partial charge in [-0.3, -0.25) is 4.57 Å². The molecule has 1 fully saturated rings. The summed E-state index contributed by atoms with van der Waals surface area (Å²) in [5.41, 5.74) is 10.9. The van der Waals surface area contributed by atoms with Gasteiger partial charge in [0.2, 0.25) is 0 Å². The van der Waals surface area contributed by atoms with Gasteiger partial charge < -0.3 is 20.9 Å². The predicted molar refractivity (Wildman–Crippen MR) is 64.5 cm³/mol. The zero-order valence-corrected chi connectivity index (χ0v) is 9.76. The summed E-state index contributed by atoms with van der Waals surface area (Å²) in [4.78, 5) is 15.3. The van der Waals surface area contributed by atoms with Crippen LogP contribution in [-0.4, -0.2) is 35.6 Å². The maximum absolute atomic E-state index is 11.6. The third-order valence-corrected chi connectivity index (χ3v) is 2.38. The van der Waals surface area contributed by atoms with Gasteiger partial charge >= 0.3 is 5.69 Å². The molecule has 0 saturated carbocycles. The third-order valence-electron chi connectivity index (χ3n) is 2.38. The summed E-state index contributed by atoms with van der Waals surface area (Å²) in [6.45, 7) is 1.54. The average Bonchev–Trinajstić information content (AvgIpc) is 2.84. The van der Waals surface area contributed by atoms with E-state index < -0.39 is 12.0 Å². The Bertz CT molecular complexity index is 537. The van der Waals surface area contributed by atoms with E-state index in [0.29, 0.717) is 18.8 Å². The largest absolute Gasteiger partial charge is 0.382 e. The summed E-state index contributed by atoms with van der Waals surface area (Å²) < 4.78 is 11.9. The zero-order valence-electron chi connectivity index (χ0n) is 9.76. The highest BCUT2D eigenvalue weighted by molar-refractivity contribution is 5.48. The molecule has 0 spiro atoms. The van der Waals surface area contributed by atoms with Crippen LogP contribution < -0.4 is 17.2 Å². The van der Waals surface area contributed by atoms with Crippen molar-refractivity contribution >= 4 is 5.82 Å². The molecule has 7 heteroatoms. The second-order valence-corrected chi connectivity index (χ2v) is 3.65. The summed E-state index contributed by atoms with van der Waals surface area (Å²) in [6.07, 6.45) is 1.11. The molecule has 7 nitrogen and oxygen atoms in total. The van der Waals surface area contributed by atoms with Crippen LogP contribution in [0.5, 0.6) is 0 Å². The van der Waals surface area contributed by atoms with Gasteiger partial charge in [0.05, 0.1) is 31.9 Å². The van der Waals surface area contributed by atoms with Gasteiger partial charge in [0.1, 0.15) is 5.82 Å². The molecule has 0 atom stereocenters. The molecule has 0 amide bonds. The fraction of sp³-hybridized carbons (Fsp3) is 0.455. The summed E-state index contributed by atoms with van der Waals surface area (Å²) in [7, 11) is 0. The number of aromatic nitrogens is 2. The monoisotopic (exact) mass is 250 g/mol. The molecule has 0 unspecified atom stereocenters. The van der Waals surface area contributed by atoms with Crippen LogP contribution in [0.3, 0.4) is 0 Å². The zero-order chi connectivity index (χ0) is 13.0. The second-order valence-electron chi connectivity index (χ2n) is 3.65. The molecule has 18 heavy (non-hydrogen) atoms. The van der Waals surface area contributed by atoms with Gasteiger partial charge in [-0.25, -0.2) is 4.79 Å². The Balaban J connectivity index is 2.26. The molecule has 2 rings (SSSR count).